The Labute approximate surface area is 187 Å². The molecule has 0 spiro atoms. The van der Waals surface area contributed by atoms with Crippen molar-refractivity contribution >= 4 is 29.3 Å². The molecule has 0 radical (unpaired) electrons. The normalized spacial score (nSPS) is 10.5. The summed E-state index contributed by atoms with van der Waals surface area (Å²) in [4.78, 5) is 12.2. The third-order valence-electron chi connectivity index (χ3n) is 4.26. The number of esters is 1. The van der Waals surface area contributed by atoms with E-state index in [1.165, 1.54) is 0 Å². The Morgan fingerprint density at radius 3 is 2.35 bits per heavy atom. The number of hydrogen-bond acceptors (Lipinski definition) is 7. The number of benzene rings is 3. The smallest absolute Gasteiger partial charge is 0.321 e. The molecular weight excluding hydrogens is 434 g/mol. The zero-order valence-corrected chi connectivity index (χ0v) is 17.6. The Balaban J connectivity index is 1.33. The molecule has 3 aromatic carbocycles. The number of aromatic nitrogens is 2. The molecule has 1 heterocycles. The maximum Gasteiger partial charge on any atom is 0.321 e. The van der Waals surface area contributed by atoms with Gasteiger partial charge in [0.15, 0.2) is 0 Å². The van der Waals surface area contributed by atoms with Gasteiger partial charge >= 0.3 is 5.97 Å². The molecule has 6 nitrogen and oxygen atoms in total. The van der Waals surface area contributed by atoms with E-state index >= 15 is 0 Å². The molecule has 0 fully saturated rings. The number of ether oxygens (including phenoxy) is 1. The number of carbonyl (C=O) groups excluding carboxylic acids is 1. The highest BCUT2D eigenvalue weighted by atomic mass is 35.5. The Bertz CT molecular complexity index is 1250. The zero-order valence-electron chi connectivity index (χ0n) is 16.0. The van der Waals surface area contributed by atoms with Gasteiger partial charge in [0, 0.05) is 0 Å². The fourth-order valence-electron chi connectivity index (χ4n) is 2.75. The van der Waals surface area contributed by atoms with Gasteiger partial charge in [0.25, 0.3) is 5.22 Å². The number of carbonyl (C=O) groups is 1. The average molecular weight is 448 g/mol. The van der Waals surface area contributed by atoms with Crippen LogP contribution in [0.1, 0.15) is 5.56 Å². The number of nitriles is 1. The van der Waals surface area contributed by atoms with Gasteiger partial charge in [0.2, 0.25) is 5.89 Å². The predicted octanol–water partition coefficient (Wildman–Crippen LogP) is 5.63. The molecule has 0 bridgehead atoms. The van der Waals surface area contributed by atoms with Crippen molar-refractivity contribution in [2.45, 2.75) is 5.22 Å². The van der Waals surface area contributed by atoms with E-state index in [2.05, 4.69) is 16.3 Å². The molecule has 0 aliphatic carbocycles. The van der Waals surface area contributed by atoms with Crippen molar-refractivity contribution in [2.24, 2.45) is 0 Å². The summed E-state index contributed by atoms with van der Waals surface area (Å²) in [7, 11) is 0. The van der Waals surface area contributed by atoms with Crippen LogP contribution >= 0.6 is 23.4 Å². The standard InChI is InChI=1S/C23H14ClN3O3S/c24-20-4-2-1-3-19(20)22-26-27-23(30-22)31-14-21(28)29-18-11-9-17(10-12-18)16-7-5-15(13-25)6-8-16/h1-12H,14H2. The first-order chi connectivity index (χ1) is 15.1. The van der Waals surface area contributed by atoms with Gasteiger partial charge in [-0.2, -0.15) is 5.26 Å². The zero-order chi connectivity index (χ0) is 21.6. The van der Waals surface area contributed by atoms with Crippen LogP contribution in [0.2, 0.25) is 5.02 Å². The van der Waals surface area contributed by atoms with Crippen LogP contribution in [0, 0.1) is 11.3 Å². The third-order valence-corrected chi connectivity index (χ3v) is 5.38. The molecular formula is C23H14ClN3O3S. The highest BCUT2D eigenvalue weighted by Gasteiger charge is 2.14. The van der Waals surface area contributed by atoms with Crippen LogP contribution in [0.25, 0.3) is 22.6 Å². The Morgan fingerprint density at radius 1 is 1.00 bits per heavy atom. The molecule has 4 aromatic rings. The van der Waals surface area contributed by atoms with E-state index in [4.69, 9.17) is 26.0 Å². The monoisotopic (exact) mass is 447 g/mol. The van der Waals surface area contributed by atoms with E-state index in [1.54, 1.807) is 36.4 Å². The number of nitrogens with zero attached hydrogens (tertiary/aromatic N) is 3. The lowest BCUT2D eigenvalue weighted by Gasteiger charge is -2.05. The van der Waals surface area contributed by atoms with Crippen LogP contribution in [0.3, 0.4) is 0 Å². The van der Waals surface area contributed by atoms with Gasteiger partial charge in [0.05, 0.1) is 22.2 Å². The summed E-state index contributed by atoms with van der Waals surface area (Å²) >= 11 is 7.22. The molecule has 0 unspecified atom stereocenters. The minimum absolute atomic E-state index is 0.0154. The van der Waals surface area contributed by atoms with E-state index < -0.39 is 5.97 Å². The van der Waals surface area contributed by atoms with Crippen molar-refractivity contribution < 1.29 is 13.9 Å². The molecule has 31 heavy (non-hydrogen) atoms. The third kappa shape index (κ3) is 5.12. The molecule has 0 N–H and O–H groups in total. The Kier molecular flexibility index (Phi) is 6.32. The lowest BCUT2D eigenvalue weighted by atomic mass is 10.0. The van der Waals surface area contributed by atoms with Crippen molar-refractivity contribution in [1.29, 1.82) is 5.26 Å². The Morgan fingerprint density at radius 2 is 1.68 bits per heavy atom. The van der Waals surface area contributed by atoms with Gasteiger partial charge in [0.1, 0.15) is 11.5 Å². The molecule has 8 heteroatoms. The van der Waals surface area contributed by atoms with Gasteiger partial charge in [-0.1, -0.05) is 59.8 Å². The van der Waals surface area contributed by atoms with E-state index in [0.29, 0.717) is 27.8 Å². The highest BCUT2D eigenvalue weighted by Crippen LogP contribution is 2.29. The largest absolute Gasteiger partial charge is 0.426 e. The van der Waals surface area contributed by atoms with Crippen molar-refractivity contribution in [3.63, 3.8) is 0 Å². The summed E-state index contributed by atoms with van der Waals surface area (Å²) in [5, 5.41) is 17.5. The maximum absolute atomic E-state index is 12.2. The van der Waals surface area contributed by atoms with Crippen LogP contribution in [0.5, 0.6) is 5.75 Å². The lowest BCUT2D eigenvalue weighted by Crippen LogP contribution is -2.10. The molecule has 0 amide bonds. The highest BCUT2D eigenvalue weighted by molar-refractivity contribution is 7.99. The number of rotatable bonds is 6. The first-order valence-corrected chi connectivity index (χ1v) is 10.5. The van der Waals surface area contributed by atoms with E-state index in [9.17, 15) is 4.79 Å². The maximum atomic E-state index is 12.2. The van der Waals surface area contributed by atoms with Crippen LogP contribution in [0.4, 0.5) is 0 Å². The average Bonchev–Trinajstić information content (AvgIpc) is 3.27. The molecule has 152 valence electrons. The van der Waals surface area contributed by atoms with Crippen LogP contribution in [0.15, 0.2) is 82.4 Å². The van der Waals surface area contributed by atoms with Gasteiger partial charge < -0.3 is 9.15 Å². The van der Waals surface area contributed by atoms with Crippen molar-refractivity contribution in [1.82, 2.24) is 10.2 Å². The number of hydrogen-bond donors (Lipinski definition) is 0. The van der Waals surface area contributed by atoms with Crippen molar-refractivity contribution in [3.05, 3.63) is 83.4 Å². The second kappa shape index (κ2) is 9.47. The van der Waals surface area contributed by atoms with E-state index in [0.717, 1.165) is 22.9 Å². The minimum atomic E-state index is -0.436. The summed E-state index contributed by atoms with van der Waals surface area (Å²) in [6.07, 6.45) is 0. The summed E-state index contributed by atoms with van der Waals surface area (Å²) in [5.74, 6) is 0.306. The van der Waals surface area contributed by atoms with Crippen LogP contribution in [-0.4, -0.2) is 21.9 Å². The lowest BCUT2D eigenvalue weighted by molar-refractivity contribution is -0.131. The van der Waals surface area contributed by atoms with Crippen LogP contribution in [-0.2, 0) is 4.79 Å². The molecule has 4 rings (SSSR count). The number of halogens is 1. The minimum Gasteiger partial charge on any atom is -0.426 e. The summed E-state index contributed by atoms with van der Waals surface area (Å²) in [6.45, 7) is 0. The molecule has 0 atom stereocenters. The molecule has 0 saturated heterocycles. The van der Waals surface area contributed by atoms with Crippen molar-refractivity contribution in [2.75, 3.05) is 5.75 Å². The molecule has 0 saturated carbocycles. The Hall–Kier alpha value is -3.60. The van der Waals surface area contributed by atoms with E-state index in [1.807, 2.05) is 36.4 Å². The molecule has 0 aliphatic heterocycles. The summed E-state index contributed by atoms with van der Waals surface area (Å²) in [6, 6.07) is 23.6. The SMILES string of the molecule is N#Cc1ccc(-c2ccc(OC(=O)CSc3nnc(-c4ccccc4Cl)o3)cc2)cc1. The van der Waals surface area contributed by atoms with Crippen LogP contribution < -0.4 is 4.74 Å². The van der Waals surface area contributed by atoms with Crippen molar-refractivity contribution in [3.8, 4) is 34.4 Å². The molecule has 1 aromatic heterocycles. The summed E-state index contributed by atoms with van der Waals surface area (Å²) < 4.78 is 10.9. The van der Waals surface area contributed by atoms with Gasteiger partial charge in [-0.15, -0.1) is 10.2 Å². The predicted molar refractivity (Wildman–Crippen MR) is 118 cm³/mol. The van der Waals surface area contributed by atoms with E-state index in [-0.39, 0.29) is 11.0 Å². The first-order valence-electron chi connectivity index (χ1n) is 9.15. The quantitative estimate of drug-likeness (QED) is 0.215. The van der Waals surface area contributed by atoms with Gasteiger partial charge in [-0.3, -0.25) is 4.79 Å². The second-order valence-corrected chi connectivity index (χ2v) is 7.66. The topological polar surface area (TPSA) is 89.0 Å². The fourth-order valence-corrected chi connectivity index (χ4v) is 3.50. The molecule has 0 aliphatic rings. The van der Waals surface area contributed by atoms with Gasteiger partial charge in [-0.05, 0) is 47.5 Å². The van der Waals surface area contributed by atoms with Gasteiger partial charge in [-0.25, -0.2) is 0 Å². The second-order valence-electron chi connectivity index (χ2n) is 6.33. The first kappa shape index (κ1) is 20.7. The fraction of sp³-hybridized carbons (Fsp3) is 0.0435. The summed E-state index contributed by atoms with van der Waals surface area (Å²) in [5.41, 5.74) is 3.16. The number of thioether (sulfide) groups is 1.